The molecule has 1 amide bonds. The van der Waals surface area contributed by atoms with Gasteiger partial charge in [0.25, 0.3) is 5.91 Å². The average Bonchev–Trinajstić information content (AvgIpc) is 3.47. The third-order valence-corrected chi connectivity index (χ3v) is 9.85. The number of thiophene rings is 1. The van der Waals surface area contributed by atoms with Gasteiger partial charge in [0.1, 0.15) is 4.21 Å². The molecule has 11 heteroatoms. The van der Waals surface area contributed by atoms with Crippen LogP contribution in [0.25, 0.3) is 0 Å². The lowest BCUT2D eigenvalue weighted by Gasteiger charge is -2.31. The lowest BCUT2D eigenvalue weighted by molar-refractivity contribution is 0.0678. The summed E-state index contributed by atoms with van der Waals surface area (Å²) in [6.45, 7) is 0.671. The van der Waals surface area contributed by atoms with Gasteiger partial charge in [0.2, 0.25) is 10.0 Å². The maximum Gasteiger partial charge on any atom is 0.289 e. The fraction of sp³-hybridized carbons (Fsp3) is 0.286. The van der Waals surface area contributed by atoms with Crippen molar-refractivity contribution in [3.63, 3.8) is 0 Å². The second-order valence-electron chi connectivity index (χ2n) is 7.47. The highest BCUT2D eigenvalue weighted by Crippen LogP contribution is 2.23. The Morgan fingerprint density at radius 2 is 1.75 bits per heavy atom. The third-order valence-electron chi connectivity index (χ3n) is 5.25. The van der Waals surface area contributed by atoms with Crippen LogP contribution in [0.5, 0.6) is 0 Å². The van der Waals surface area contributed by atoms with E-state index in [1.165, 1.54) is 24.5 Å². The Morgan fingerprint density at radius 1 is 1.03 bits per heavy atom. The number of sulfonamides is 1. The van der Waals surface area contributed by atoms with E-state index in [-0.39, 0.29) is 26.7 Å². The maximum atomic E-state index is 13.0. The van der Waals surface area contributed by atoms with Gasteiger partial charge in [-0.3, -0.25) is 4.79 Å². The lowest BCUT2D eigenvalue weighted by Crippen LogP contribution is -2.46. The summed E-state index contributed by atoms with van der Waals surface area (Å²) in [7, 11) is -7.20. The Morgan fingerprint density at radius 3 is 2.41 bits per heavy atom. The van der Waals surface area contributed by atoms with E-state index >= 15 is 0 Å². The van der Waals surface area contributed by atoms with E-state index in [1.54, 1.807) is 40.6 Å². The largest absolute Gasteiger partial charge is 0.459 e. The summed E-state index contributed by atoms with van der Waals surface area (Å²) >= 11 is 1.15. The zero-order valence-electron chi connectivity index (χ0n) is 17.0. The molecular formula is C21H22N2O6S3. The van der Waals surface area contributed by atoms with Crippen LogP contribution in [0.4, 0.5) is 0 Å². The number of piperidine rings is 1. The van der Waals surface area contributed by atoms with Crippen LogP contribution in [0.3, 0.4) is 0 Å². The van der Waals surface area contributed by atoms with Crippen molar-refractivity contribution in [3.05, 3.63) is 71.5 Å². The number of hydrogen-bond donors (Lipinski definition) is 1. The summed E-state index contributed by atoms with van der Waals surface area (Å²) < 4.78 is 58.5. The molecule has 32 heavy (non-hydrogen) atoms. The SMILES string of the molecule is O=C(c1occc1CS(=O)(=O)c1ccccc1)N1CCC(NS(=O)(=O)c2cccs2)CC1. The summed E-state index contributed by atoms with van der Waals surface area (Å²) in [5.41, 5.74) is 0.305. The molecule has 1 fully saturated rings. The number of rotatable bonds is 7. The van der Waals surface area contributed by atoms with Crippen molar-refractivity contribution >= 4 is 37.1 Å². The van der Waals surface area contributed by atoms with Gasteiger partial charge in [0, 0.05) is 24.7 Å². The quantitative estimate of drug-likeness (QED) is 0.540. The molecule has 1 aromatic carbocycles. The number of hydrogen-bond acceptors (Lipinski definition) is 7. The summed E-state index contributed by atoms with van der Waals surface area (Å²) in [5.74, 6) is -0.735. The molecule has 3 heterocycles. The van der Waals surface area contributed by atoms with Crippen LogP contribution in [-0.4, -0.2) is 46.8 Å². The molecule has 1 saturated heterocycles. The highest BCUT2D eigenvalue weighted by atomic mass is 32.2. The van der Waals surface area contributed by atoms with Crippen LogP contribution in [0.15, 0.2) is 73.7 Å². The molecule has 170 valence electrons. The maximum absolute atomic E-state index is 13.0. The molecule has 2 aromatic heterocycles. The lowest BCUT2D eigenvalue weighted by atomic mass is 10.1. The smallest absolute Gasteiger partial charge is 0.289 e. The molecule has 1 aliphatic heterocycles. The van der Waals surface area contributed by atoms with Crippen LogP contribution in [-0.2, 0) is 25.6 Å². The minimum atomic E-state index is -3.63. The van der Waals surface area contributed by atoms with Crippen LogP contribution in [0, 0.1) is 0 Å². The molecule has 8 nitrogen and oxygen atoms in total. The summed E-state index contributed by atoms with van der Waals surface area (Å²) in [6, 6.07) is 12.5. The van der Waals surface area contributed by atoms with Crippen LogP contribution in [0.1, 0.15) is 29.0 Å². The predicted octanol–water partition coefficient (Wildman–Crippen LogP) is 2.90. The molecule has 3 aromatic rings. The first-order valence-corrected chi connectivity index (χ1v) is 14.0. The Balaban J connectivity index is 1.40. The second kappa shape index (κ2) is 9.18. The fourth-order valence-electron chi connectivity index (χ4n) is 3.59. The minimum absolute atomic E-state index is 0.00197. The van der Waals surface area contributed by atoms with E-state index in [0.29, 0.717) is 31.5 Å². The van der Waals surface area contributed by atoms with Gasteiger partial charge in [-0.15, -0.1) is 11.3 Å². The molecular weight excluding hydrogens is 472 g/mol. The molecule has 0 bridgehead atoms. The number of likely N-dealkylation sites (tertiary alicyclic amines) is 1. The Bertz CT molecular complexity index is 1270. The van der Waals surface area contributed by atoms with Gasteiger partial charge in [0.05, 0.1) is 16.9 Å². The molecule has 0 unspecified atom stereocenters. The molecule has 0 radical (unpaired) electrons. The first-order valence-electron chi connectivity index (χ1n) is 9.95. The van der Waals surface area contributed by atoms with Crippen molar-refractivity contribution in [2.45, 2.75) is 33.7 Å². The molecule has 0 spiro atoms. The molecule has 0 atom stereocenters. The van der Waals surface area contributed by atoms with Crippen molar-refractivity contribution in [2.24, 2.45) is 0 Å². The highest BCUT2D eigenvalue weighted by molar-refractivity contribution is 7.91. The van der Waals surface area contributed by atoms with Crippen LogP contribution in [0.2, 0.25) is 0 Å². The molecule has 0 aliphatic carbocycles. The molecule has 1 N–H and O–H groups in total. The Labute approximate surface area is 190 Å². The number of nitrogens with one attached hydrogen (secondary N) is 1. The van der Waals surface area contributed by atoms with Crippen molar-refractivity contribution < 1.29 is 26.0 Å². The van der Waals surface area contributed by atoms with Gasteiger partial charge < -0.3 is 9.32 Å². The summed E-state index contributed by atoms with van der Waals surface area (Å²) in [6.07, 6.45) is 2.22. The average molecular weight is 495 g/mol. The van der Waals surface area contributed by atoms with Gasteiger partial charge in [-0.1, -0.05) is 24.3 Å². The topological polar surface area (TPSA) is 114 Å². The number of carbonyl (C=O) groups excluding carboxylic acids is 1. The third kappa shape index (κ3) is 4.96. The first-order chi connectivity index (χ1) is 15.3. The highest BCUT2D eigenvalue weighted by Gasteiger charge is 2.30. The van der Waals surface area contributed by atoms with Gasteiger partial charge in [-0.2, -0.15) is 0 Å². The number of furan rings is 1. The van der Waals surface area contributed by atoms with Crippen molar-refractivity contribution in [2.75, 3.05) is 13.1 Å². The number of nitrogens with zero attached hydrogens (tertiary/aromatic N) is 1. The zero-order chi connectivity index (χ0) is 22.8. The van der Waals surface area contributed by atoms with E-state index in [0.717, 1.165) is 11.3 Å². The Kier molecular flexibility index (Phi) is 6.52. The van der Waals surface area contributed by atoms with E-state index in [2.05, 4.69) is 4.72 Å². The molecule has 1 aliphatic rings. The van der Waals surface area contributed by atoms with E-state index in [9.17, 15) is 21.6 Å². The van der Waals surface area contributed by atoms with Gasteiger partial charge in [-0.05, 0) is 42.5 Å². The second-order valence-corrected chi connectivity index (χ2v) is 12.3. The number of carbonyl (C=O) groups is 1. The van der Waals surface area contributed by atoms with Gasteiger partial charge in [0.15, 0.2) is 15.6 Å². The van der Waals surface area contributed by atoms with Gasteiger partial charge >= 0.3 is 0 Å². The number of benzene rings is 1. The Hall–Kier alpha value is -2.47. The normalized spacial score (nSPS) is 15.7. The van der Waals surface area contributed by atoms with Crippen LogP contribution < -0.4 is 4.72 Å². The monoisotopic (exact) mass is 494 g/mol. The standard InChI is InChI=1S/C21H22N2O6S3/c24-21(20-16(10-13-29-20)15-31(25,26)18-5-2-1-3-6-18)23-11-8-17(9-12-23)22-32(27,28)19-7-4-14-30-19/h1-7,10,13-14,17,22H,8-9,11-12,15H2. The molecule has 0 saturated carbocycles. The van der Waals surface area contributed by atoms with Crippen molar-refractivity contribution in [1.82, 2.24) is 9.62 Å². The summed E-state index contributed by atoms with van der Waals surface area (Å²) in [5, 5.41) is 1.70. The summed E-state index contributed by atoms with van der Waals surface area (Å²) in [4.78, 5) is 14.7. The van der Waals surface area contributed by atoms with E-state index < -0.39 is 25.8 Å². The van der Waals surface area contributed by atoms with Crippen molar-refractivity contribution in [3.8, 4) is 0 Å². The van der Waals surface area contributed by atoms with Crippen LogP contribution >= 0.6 is 11.3 Å². The van der Waals surface area contributed by atoms with Crippen molar-refractivity contribution in [1.29, 1.82) is 0 Å². The zero-order valence-corrected chi connectivity index (χ0v) is 19.5. The van der Waals surface area contributed by atoms with E-state index in [4.69, 9.17) is 4.42 Å². The fourth-order valence-corrected chi connectivity index (χ4v) is 7.28. The van der Waals surface area contributed by atoms with E-state index in [1.807, 2.05) is 0 Å². The minimum Gasteiger partial charge on any atom is -0.459 e. The predicted molar refractivity (Wildman–Crippen MR) is 120 cm³/mol. The first kappa shape index (κ1) is 22.7. The molecule has 4 rings (SSSR count). The van der Waals surface area contributed by atoms with Gasteiger partial charge in [-0.25, -0.2) is 21.6 Å². The number of sulfone groups is 1. The number of amides is 1.